The van der Waals surface area contributed by atoms with Gasteiger partial charge in [0, 0.05) is 5.41 Å². The lowest BCUT2D eigenvalue weighted by molar-refractivity contribution is -0.151. The Balaban J connectivity index is 2.76. The van der Waals surface area contributed by atoms with E-state index in [1.54, 1.807) is 26.0 Å². The summed E-state index contributed by atoms with van der Waals surface area (Å²) in [6, 6.07) is 0. The maximum absolute atomic E-state index is 11.3. The van der Waals surface area contributed by atoms with Crippen LogP contribution in [-0.4, -0.2) is 27.2 Å². The highest BCUT2D eigenvalue weighted by Crippen LogP contribution is 2.47. The number of carbonyl (C=O) groups excluding carboxylic acids is 1. The summed E-state index contributed by atoms with van der Waals surface area (Å²) in [5.41, 5.74) is 0.767. The van der Waals surface area contributed by atoms with Crippen LogP contribution in [0.3, 0.4) is 0 Å². The third-order valence-electron chi connectivity index (χ3n) is 6.27. The maximum atomic E-state index is 11.3. The molecule has 2 unspecified atom stereocenters. The van der Waals surface area contributed by atoms with Crippen LogP contribution in [0.1, 0.15) is 61.8 Å². The first kappa shape index (κ1) is 29.3. The van der Waals surface area contributed by atoms with Crippen molar-refractivity contribution in [3.63, 3.8) is 0 Å². The summed E-state index contributed by atoms with van der Waals surface area (Å²) in [7, 11) is 0. The van der Waals surface area contributed by atoms with E-state index in [-0.39, 0.29) is 5.78 Å². The van der Waals surface area contributed by atoms with Crippen molar-refractivity contribution in [3.05, 3.63) is 107 Å². The molecular formula is C31H42O3. The number of aliphatic hydroxyl groups is 2. The first-order valence-corrected chi connectivity index (χ1v) is 11.8. The summed E-state index contributed by atoms with van der Waals surface area (Å²) >= 11 is 0. The summed E-state index contributed by atoms with van der Waals surface area (Å²) in [6.07, 6.45) is 27.6. The molecule has 0 fully saturated rings. The molecule has 0 saturated carbocycles. The molecule has 0 heterocycles. The first-order chi connectivity index (χ1) is 15.7. The largest absolute Gasteiger partial charge is 0.383 e. The summed E-state index contributed by atoms with van der Waals surface area (Å²) in [6.45, 7) is 15.0. The Morgan fingerprint density at radius 1 is 0.735 bits per heavy atom. The van der Waals surface area contributed by atoms with Gasteiger partial charge in [-0.05, 0) is 59.6 Å². The number of ketones is 1. The van der Waals surface area contributed by atoms with Crippen molar-refractivity contribution in [2.24, 2.45) is 5.41 Å². The molecule has 1 aliphatic carbocycles. The smallest absolute Gasteiger partial charge is 0.155 e. The summed E-state index contributed by atoms with van der Waals surface area (Å²) in [5.74, 6) is 0.0805. The third-order valence-corrected chi connectivity index (χ3v) is 6.27. The van der Waals surface area contributed by atoms with Gasteiger partial charge in [-0.15, -0.1) is 0 Å². The van der Waals surface area contributed by atoms with Gasteiger partial charge in [-0.2, -0.15) is 0 Å². The van der Waals surface area contributed by atoms with E-state index >= 15 is 0 Å². The Hall–Kier alpha value is -2.75. The molecule has 1 aliphatic rings. The molecule has 0 saturated heterocycles. The molecular weight excluding hydrogens is 420 g/mol. The van der Waals surface area contributed by atoms with Gasteiger partial charge >= 0.3 is 0 Å². The van der Waals surface area contributed by atoms with Gasteiger partial charge in [0.15, 0.2) is 5.78 Å². The van der Waals surface area contributed by atoms with Gasteiger partial charge in [-0.3, -0.25) is 4.79 Å². The van der Waals surface area contributed by atoms with Crippen LogP contribution in [0.5, 0.6) is 0 Å². The number of Topliss-reactive ketones (excluding diaryl/α,β-unsaturated/α-hetero) is 1. The standard InChI is InChI=1S/C31H42O3/c1-24(14-9-10-15-25(2)18-12-19-27(4)28(5)32)16-11-17-26(3)20-23-31(34)29(6,7)21-13-22-30(31,8)33/h9-20,22-23,33-34H,21H2,1-8H3/b10-9+,16-11+,18-12+,23-20+,24-14+,25-15+,26-17+,27-19+. The fourth-order valence-corrected chi connectivity index (χ4v) is 3.59. The highest BCUT2D eigenvalue weighted by molar-refractivity contribution is 5.92. The minimum atomic E-state index is -1.35. The van der Waals surface area contributed by atoms with Crippen LogP contribution in [0.2, 0.25) is 0 Å². The van der Waals surface area contributed by atoms with Crippen LogP contribution in [0.4, 0.5) is 0 Å². The van der Waals surface area contributed by atoms with E-state index in [2.05, 4.69) is 0 Å². The van der Waals surface area contributed by atoms with Crippen LogP contribution in [0.25, 0.3) is 0 Å². The van der Waals surface area contributed by atoms with Crippen molar-refractivity contribution in [3.8, 4) is 0 Å². The average Bonchev–Trinajstić information content (AvgIpc) is 2.73. The predicted octanol–water partition coefficient (Wildman–Crippen LogP) is 7.05. The average molecular weight is 463 g/mol. The molecule has 34 heavy (non-hydrogen) atoms. The number of carbonyl (C=O) groups is 1. The summed E-state index contributed by atoms with van der Waals surface area (Å²) in [5, 5.41) is 22.0. The topological polar surface area (TPSA) is 57.5 Å². The number of hydrogen-bond acceptors (Lipinski definition) is 3. The summed E-state index contributed by atoms with van der Waals surface area (Å²) < 4.78 is 0. The van der Waals surface area contributed by atoms with Crippen molar-refractivity contribution < 1.29 is 15.0 Å². The molecule has 1 rings (SSSR count). The van der Waals surface area contributed by atoms with E-state index < -0.39 is 16.6 Å². The molecule has 0 aliphatic heterocycles. The molecule has 3 nitrogen and oxygen atoms in total. The van der Waals surface area contributed by atoms with Crippen LogP contribution in [-0.2, 0) is 4.79 Å². The molecule has 0 spiro atoms. The van der Waals surface area contributed by atoms with Crippen LogP contribution in [0.15, 0.2) is 107 Å². The predicted molar refractivity (Wildman–Crippen MR) is 145 cm³/mol. The molecule has 0 aromatic heterocycles. The molecule has 0 radical (unpaired) electrons. The minimum Gasteiger partial charge on any atom is -0.383 e. The Labute approximate surface area is 206 Å². The van der Waals surface area contributed by atoms with Crippen molar-refractivity contribution in [2.75, 3.05) is 0 Å². The molecule has 0 aromatic rings. The van der Waals surface area contributed by atoms with Gasteiger partial charge in [0.1, 0.15) is 11.2 Å². The van der Waals surface area contributed by atoms with E-state index in [0.717, 1.165) is 22.3 Å². The third kappa shape index (κ3) is 8.55. The van der Waals surface area contributed by atoms with E-state index in [1.807, 2.05) is 114 Å². The van der Waals surface area contributed by atoms with E-state index in [1.165, 1.54) is 0 Å². The Morgan fingerprint density at radius 2 is 1.21 bits per heavy atom. The number of allylic oxidation sites excluding steroid dienone is 16. The van der Waals surface area contributed by atoms with Crippen molar-refractivity contribution in [1.29, 1.82) is 0 Å². The van der Waals surface area contributed by atoms with E-state index in [4.69, 9.17) is 0 Å². The number of hydrogen-bond donors (Lipinski definition) is 2. The molecule has 2 atom stereocenters. The van der Waals surface area contributed by atoms with Crippen molar-refractivity contribution >= 4 is 5.78 Å². The fraction of sp³-hybridized carbons (Fsp3) is 0.387. The Morgan fingerprint density at radius 3 is 1.71 bits per heavy atom. The zero-order chi connectivity index (χ0) is 26.0. The second-order valence-corrected chi connectivity index (χ2v) is 9.98. The molecule has 3 heteroatoms. The highest BCUT2D eigenvalue weighted by atomic mass is 16.4. The molecule has 2 N–H and O–H groups in total. The molecule has 0 bridgehead atoms. The normalized spacial score (nSPS) is 27.1. The van der Waals surface area contributed by atoms with Crippen LogP contribution in [0, 0.1) is 5.41 Å². The molecule has 0 aromatic carbocycles. The summed E-state index contributed by atoms with van der Waals surface area (Å²) in [4.78, 5) is 11.2. The quantitative estimate of drug-likeness (QED) is 0.219. The Kier molecular flexibility index (Phi) is 10.9. The minimum absolute atomic E-state index is 0.0805. The highest BCUT2D eigenvalue weighted by Gasteiger charge is 2.54. The second-order valence-electron chi connectivity index (χ2n) is 9.98. The van der Waals surface area contributed by atoms with Gasteiger partial charge in [-0.25, -0.2) is 0 Å². The van der Waals surface area contributed by atoms with Gasteiger partial charge in [0.05, 0.1) is 0 Å². The van der Waals surface area contributed by atoms with Gasteiger partial charge < -0.3 is 10.2 Å². The number of rotatable bonds is 9. The van der Waals surface area contributed by atoms with Gasteiger partial charge in [0.25, 0.3) is 0 Å². The van der Waals surface area contributed by atoms with Crippen LogP contribution < -0.4 is 0 Å². The monoisotopic (exact) mass is 462 g/mol. The van der Waals surface area contributed by atoms with Gasteiger partial charge in [0.2, 0.25) is 0 Å². The van der Waals surface area contributed by atoms with Crippen molar-refractivity contribution in [1.82, 2.24) is 0 Å². The lowest BCUT2D eigenvalue weighted by Crippen LogP contribution is -2.60. The van der Waals surface area contributed by atoms with E-state index in [9.17, 15) is 15.0 Å². The first-order valence-electron chi connectivity index (χ1n) is 11.8. The lowest BCUT2D eigenvalue weighted by atomic mass is 9.61. The zero-order valence-corrected chi connectivity index (χ0v) is 22.1. The van der Waals surface area contributed by atoms with Crippen LogP contribution >= 0.6 is 0 Å². The van der Waals surface area contributed by atoms with Crippen molar-refractivity contribution in [2.45, 2.75) is 73.0 Å². The van der Waals surface area contributed by atoms with E-state index in [0.29, 0.717) is 6.42 Å². The SMILES string of the molecule is CC(=O)/C(C)=C/C=C/C(C)=C/C=C/C=C(C)/C=C/C=C(C)/C=C/C1(O)C(C)(O)C=CCC1(C)C. The van der Waals surface area contributed by atoms with Gasteiger partial charge in [-0.1, -0.05) is 110 Å². The lowest BCUT2D eigenvalue weighted by Gasteiger charge is -2.50. The second kappa shape index (κ2) is 12.6. The Bertz CT molecular complexity index is 1000. The zero-order valence-electron chi connectivity index (χ0n) is 22.1. The fourth-order valence-electron chi connectivity index (χ4n) is 3.59. The molecule has 0 amide bonds. The molecule has 184 valence electrons. The maximum Gasteiger partial charge on any atom is 0.155 e.